The minimum absolute atomic E-state index is 0. The number of pyridine rings is 3. The number of carbonyl (C=O) groups is 2. The molecule has 3 heterocycles. The van der Waals surface area contributed by atoms with Gasteiger partial charge in [0, 0.05) is 91.1 Å². The number of carbonyl (C=O) groups excluding carboxylic acids is 2. The second-order valence-corrected chi connectivity index (χ2v) is 19.7. The molecule has 9 rings (SSSR count). The Morgan fingerprint density at radius 2 is 1.12 bits per heavy atom. The van der Waals surface area contributed by atoms with Crippen molar-refractivity contribution in [3.05, 3.63) is 134 Å². The van der Waals surface area contributed by atoms with Crippen molar-refractivity contribution >= 4 is 129 Å². The summed E-state index contributed by atoms with van der Waals surface area (Å²) in [5.74, 6) is -1.55. The monoisotopic (exact) mass is 1240 g/mol. The van der Waals surface area contributed by atoms with E-state index in [0.717, 1.165) is 22.5 Å². The van der Waals surface area contributed by atoms with Gasteiger partial charge >= 0.3 is 116 Å². The fourth-order valence-corrected chi connectivity index (χ4v) is 9.61. The van der Waals surface area contributed by atoms with E-state index < -0.39 is 30.4 Å². The van der Waals surface area contributed by atoms with E-state index in [2.05, 4.69) is 25.2 Å². The van der Waals surface area contributed by atoms with Gasteiger partial charge in [0.25, 0.3) is 6.47 Å². The minimum Gasteiger partial charge on any atom is -1.00 e. The molecule has 3 aliphatic rings. The third-order valence-electron chi connectivity index (χ3n) is 11.1. The Bertz CT molecular complexity index is 3100. The molecule has 0 fully saturated rings. The van der Waals surface area contributed by atoms with Crippen LogP contribution in [0.3, 0.4) is 0 Å². The molecule has 75 heavy (non-hydrogen) atoms. The van der Waals surface area contributed by atoms with Crippen LogP contribution in [0, 0.1) is 17.5 Å². The van der Waals surface area contributed by atoms with Crippen LogP contribution in [0.5, 0.6) is 0 Å². The van der Waals surface area contributed by atoms with Gasteiger partial charge in [0.2, 0.25) is 0 Å². The number of hydrogen-bond acceptors (Lipinski definition) is 11. The summed E-state index contributed by atoms with van der Waals surface area (Å²) in [5.41, 5.74) is 9.06. The van der Waals surface area contributed by atoms with Gasteiger partial charge in [0.05, 0.1) is 63.0 Å². The largest absolute Gasteiger partial charge is 1.00 e. The minimum atomic E-state index is -0.730. The Morgan fingerprint density at radius 1 is 0.707 bits per heavy atom. The van der Waals surface area contributed by atoms with Crippen molar-refractivity contribution in [2.75, 3.05) is 36.2 Å². The van der Waals surface area contributed by atoms with E-state index >= 15 is 0 Å². The molecule has 0 spiro atoms. The molecule has 2 N–H and O–H groups in total. The molecule has 12 nitrogen and oxygen atoms in total. The molecule has 0 radical (unpaired) electrons. The van der Waals surface area contributed by atoms with Crippen LogP contribution >= 0.6 is 92.8 Å². The molecule has 394 valence electrons. The first-order valence-corrected chi connectivity index (χ1v) is 23.5. The van der Waals surface area contributed by atoms with E-state index in [1.807, 2.05) is 0 Å². The molecule has 26 heteroatoms. The van der Waals surface area contributed by atoms with E-state index in [-0.39, 0.29) is 159 Å². The van der Waals surface area contributed by atoms with Crippen LogP contribution in [0.15, 0.2) is 42.9 Å². The smallest absolute Gasteiger partial charge is 1.00 e. The third kappa shape index (κ3) is 15.4. The number of fused-ring (bicyclic) bond motifs is 9. The zero-order chi connectivity index (χ0) is 51.8. The first-order chi connectivity index (χ1) is 32.9. The normalized spacial score (nSPS) is 11.1. The zero-order valence-electron chi connectivity index (χ0n) is 40.7. The molecule has 0 unspecified atom stereocenters. The van der Waals surface area contributed by atoms with Crippen molar-refractivity contribution in [1.82, 2.24) is 15.0 Å². The van der Waals surface area contributed by atoms with Gasteiger partial charge in [-0.1, -0.05) is 115 Å². The van der Waals surface area contributed by atoms with Gasteiger partial charge < -0.3 is 31.5 Å². The van der Waals surface area contributed by atoms with Crippen LogP contribution in [0.4, 0.5) is 35.0 Å². The molecule has 0 saturated carbocycles. The molecule has 0 saturated heterocycles. The maximum absolute atomic E-state index is 14.5. The number of nitrogens with zero attached hydrogens (tertiary/aromatic N) is 5. The second kappa shape index (κ2) is 30.0. The Morgan fingerprint density at radius 3 is 1.56 bits per heavy atom. The number of benzene rings is 3. The van der Waals surface area contributed by atoms with Gasteiger partial charge in [-0.3, -0.25) is 24.6 Å². The van der Waals surface area contributed by atoms with Crippen molar-refractivity contribution in [3.63, 3.8) is 0 Å². The third-order valence-corrected chi connectivity index (χ3v) is 14.1. The van der Waals surface area contributed by atoms with E-state index in [0.29, 0.717) is 101 Å². The van der Waals surface area contributed by atoms with Crippen molar-refractivity contribution in [1.29, 1.82) is 0 Å². The van der Waals surface area contributed by atoms with E-state index in [1.165, 1.54) is 54.8 Å². The van der Waals surface area contributed by atoms with Crippen molar-refractivity contribution in [3.8, 4) is 33.4 Å². The summed E-state index contributed by atoms with van der Waals surface area (Å²) in [6.07, 6.45) is 5.28. The number of aromatic nitrogens is 3. The first kappa shape index (κ1) is 71.8. The van der Waals surface area contributed by atoms with Gasteiger partial charge in [-0.15, -0.1) is 0 Å². The predicted octanol–water partition coefficient (Wildman–Crippen LogP) is 9.03. The summed E-state index contributed by atoms with van der Waals surface area (Å²) in [7, 11) is 4.23. The van der Waals surface area contributed by atoms with Crippen LogP contribution < -0.4 is 123 Å². The van der Waals surface area contributed by atoms with Crippen molar-refractivity contribution in [2.24, 2.45) is 0 Å². The number of anilines is 3. The number of amides is 1. The SMILES string of the molecule is C.C.C.CB(O)N(C)c1cc(F)cc2c1Cc1ncc(Cl)c(Cl)c1-2.CN(C(=O)OC(C)(C)C)c1cc(F)c(Cl)c2c1Cc1ncc(Cl)c(Cl)c1-2.CNc1cc(F)c(Cl)c2c1Cc1ncc(Cl)c(Cl)c1-2.O=CO[O-].[H-].[K+].[K+]. The fraction of sp³-hybridized carbons (Fsp3) is 0.286. The molecule has 6 aromatic rings. The average molecular weight is 1250 g/mol. The molecular weight excluding hydrogens is 1200 g/mol. The second-order valence-electron chi connectivity index (χ2n) is 16.5. The quantitative estimate of drug-likeness (QED) is 0.0735. The maximum atomic E-state index is 14.5. The maximum Gasteiger partial charge on any atom is 1.00 e. The van der Waals surface area contributed by atoms with Gasteiger partial charge in [-0.05, 0) is 81.2 Å². The average Bonchev–Trinajstić information content (AvgIpc) is 4.02. The Labute approximate surface area is 562 Å². The molecule has 0 bridgehead atoms. The Balaban J connectivity index is 0.00000104. The first-order valence-electron chi connectivity index (χ1n) is 20.5. The molecule has 1 amide bonds. The predicted molar refractivity (Wildman–Crippen MR) is 292 cm³/mol. The molecule has 0 atom stereocenters. The topological polar surface area (TPSA) is 153 Å². The number of hydrogen-bond donors (Lipinski definition) is 2. The summed E-state index contributed by atoms with van der Waals surface area (Å²) >= 11 is 49.1. The number of halogens is 11. The van der Waals surface area contributed by atoms with Crippen LogP contribution in [0.25, 0.3) is 33.4 Å². The van der Waals surface area contributed by atoms with Crippen LogP contribution in [-0.4, -0.2) is 66.3 Å². The van der Waals surface area contributed by atoms with Gasteiger partial charge in [-0.2, -0.15) is 0 Å². The summed E-state index contributed by atoms with van der Waals surface area (Å²) in [6, 6.07) is 5.44. The van der Waals surface area contributed by atoms with Gasteiger partial charge in [0.1, 0.15) is 23.1 Å². The number of nitrogens with one attached hydrogen (secondary N) is 1. The van der Waals surface area contributed by atoms with Gasteiger partial charge in [0.15, 0.2) is 0 Å². The van der Waals surface area contributed by atoms with E-state index in [1.54, 1.807) is 46.5 Å². The zero-order valence-corrected chi connectivity index (χ0v) is 52.0. The van der Waals surface area contributed by atoms with Crippen LogP contribution in [0.1, 0.15) is 78.2 Å². The molecule has 3 aromatic heterocycles. The van der Waals surface area contributed by atoms with Gasteiger partial charge in [-0.25, -0.2) is 18.0 Å². The molecule has 0 aliphatic heterocycles. The standard InChI is InChI=1S/C18H16Cl3FN2O2.C14H12BCl2FN2O.C13H8Cl3FN2.CH2O3.3CH4.2K.H/c1-18(2,3)26-17(25)24(4)12-6-10(22)16(21)13-8(12)5-11-14(13)15(20)9(19)7-23-11;1-15(21)20(2)12-4-7(18)3-9-8(12)5-11-13(9)14(17)10(16)6-19-11;1-18-8-3-7(17)13(16)10-5(8)2-9-11(10)12(15)6(14)4-19-9;2-1-4-3;;;;;;/h6-7H,5H2,1-4H3;3-4,6,21H,5H2,1-2H3;3-4,18H,2H2,1H3;1,3H;3*1H4;;;/q;;;;;;;2*+1;-1/p-1. The van der Waals surface area contributed by atoms with Crippen LogP contribution in [-0.2, 0) is 33.7 Å². The summed E-state index contributed by atoms with van der Waals surface area (Å²) < 4.78 is 47.7. The fourth-order valence-electron chi connectivity index (χ4n) is 7.89. The van der Waals surface area contributed by atoms with Crippen molar-refractivity contribution < 1.29 is 147 Å². The number of rotatable bonds is 5. The Kier molecular flexibility index (Phi) is 28.8. The molecular formula is C49H50BCl8F3K2N6O6. The molecule has 3 aliphatic carbocycles. The summed E-state index contributed by atoms with van der Waals surface area (Å²) in [4.78, 5) is 39.4. The molecule has 3 aromatic carbocycles. The summed E-state index contributed by atoms with van der Waals surface area (Å²) in [6.45, 7) is 6.72. The van der Waals surface area contributed by atoms with E-state index in [9.17, 15) is 23.0 Å². The van der Waals surface area contributed by atoms with Crippen LogP contribution in [0.2, 0.25) is 47.0 Å². The van der Waals surface area contributed by atoms with E-state index in [4.69, 9.17) is 108 Å². The number of ether oxygens (including phenoxy) is 1. The van der Waals surface area contributed by atoms with Crippen molar-refractivity contribution in [2.45, 2.75) is 74.7 Å². The Hall–Kier alpha value is -1.18. The summed E-state index contributed by atoms with van der Waals surface area (Å²) in [5, 5.41) is 23.1.